The van der Waals surface area contributed by atoms with Gasteiger partial charge in [0.15, 0.2) is 0 Å². The van der Waals surface area contributed by atoms with Crippen molar-refractivity contribution in [3.63, 3.8) is 0 Å². The molecule has 1 N–H and O–H groups in total. The normalized spacial score (nSPS) is 13.7. The van der Waals surface area contributed by atoms with Crippen LogP contribution in [0.2, 0.25) is 5.02 Å². The van der Waals surface area contributed by atoms with Crippen molar-refractivity contribution in [1.82, 2.24) is 5.32 Å². The number of carbonyl (C=O) groups excluding carboxylic acids is 1. The lowest BCUT2D eigenvalue weighted by Crippen LogP contribution is -2.48. The van der Waals surface area contributed by atoms with E-state index in [0.717, 1.165) is 27.3 Å². The van der Waals surface area contributed by atoms with Crippen LogP contribution in [0.4, 0.5) is 5.69 Å². The molecule has 0 heterocycles. The van der Waals surface area contributed by atoms with Crippen LogP contribution in [0.25, 0.3) is 0 Å². The van der Waals surface area contributed by atoms with Crippen molar-refractivity contribution in [3.05, 3.63) is 63.7 Å². The first-order valence-corrected chi connectivity index (χ1v) is 11.3. The van der Waals surface area contributed by atoms with Crippen molar-refractivity contribution < 1.29 is 13.2 Å². The molecule has 0 aliphatic rings. The van der Waals surface area contributed by atoms with Gasteiger partial charge in [0, 0.05) is 5.02 Å². The monoisotopic (exact) mass is 422 g/mol. The number of carbonyl (C=O) groups is 1. The molecule has 2 atom stereocenters. The number of amides is 1. The Balaban J connectivity index is 2.31. The van der Waals surface area contributed by atoms with Gasteiger partial charge in [-0.1, -0.05) is 35.9 Å². The van der Waals surface area contributed by atoms with Gasteiger partial charge in [0.25, 0.3) is 0 Å². The van der Waals surface area contributed by atoms with Crippen LogP contribution in [0.3, 0.4) is 0 Å². The van der Waals surface area contributed by atoms with Gasteiger partial charge in [-0.15, -0.1) is 0 Å². The highest BCUT2D eigenvalue weighted by atomic mass is 35.5. The summed E-state index contributed by atoms with van der Waals surface area (Å²) >= 11 is 6.07. The Morgan fingerprint density at radius 2 is 1.61 bits per heavy atom. The average molecular weight is 423 g/mol. The number of nitrogens with one attached hydrogen (secondary N) is 1. The zero-order valence-electron chi connectivity index (χ0n) is 17.1. The van der Waals surface area contributed by atoms with E-state index >= 15 is 0 Å². The van der Waals surface area contributed by atoms with Gasteiger partial charge in [-0.2, -0.15) is 0 Å². The van der Waals surface area contributed by atoms with Gasteiger partial charge in [-0.05, 0) is 69.0 Å². The van der Waals surface area contributed by atoms with Crippen molar-refractivity contribution in [2.24, 2.45) is 0 Å². The number of rotatable bonds is 6. The van der Waals surface area contributed by atoms with Crippen molar-refractivity contribution in [2.75, 3.05) is 10.6 Å². The van der Waals surface area contributed by atoms with Crippen LogP contribution in [-0.2, 0) is 14.8 Å². The van der Waals surface area contributed by atoms with E-state index in [4.69, 9.17) is 11.6 Å². The Kier molecular flexibility index (Phi) is 6.78. The number of anilines is 1. The fourth-order valence-electron chi connectivity index (χ4n) is 3.05. The maximum Gasteiger partial charge on any atom is 0.244 e. The Morgan fingerprint density at radius 1 is 1.00 bits per heavy atom. The van der Waals surface area contributed by atoms with Crippen molar-refractivity contribution >= 4 is 33.2 Å². The fourth-order valence-corrected chi connectivity index (χ4v) is 4.44. The molecule has 2 aromatic rings. The van der Waals surface area contributed by atoms with Gasteiger partial charge in [0.05, 0.1) is 18.0 Å². The van der Waals surface area contributed by atoms with Gasteiger partial charge in [-0.25, -0.2) is 8.42 Å². The van der Waals surface area contributed by atoms with Crippen LogP contribution in [0.1, 0.15) is 42.1 Å². The molecule has 0 aliphatic heterocycles. The Labute approximate surface area is 172 Å². The van der Waals surface area contributed by atoms with E-state index in [-0.39, 0.29) is 11.9 Å². The first-order chi connectivity index (χ1) is 12.9. The van der Waals surface area contributed by atoms with Gasteiger partial charge >= 0.3 is 0 Å². The second-order valence-corrected chi connectivity index (χ2v) is 9.54. The summed E-state index contributed by atoms with van der Waals surface area (Å²) in [7, 11) is -3.70. The number of benzene rings is 2. The molecule has 0 aromatic heterocycles. The SMILES string of the molecule is Cc1ccc([C@@H](C)NC(=O)[C@H](C)N(c2cc(Cl)ccc2C)S(C)(=O)=O)cc1C. The molecule has 2 aromatic carbocycles. The fraction of sp³-hybridized carbons (Fsp3) is 0.381. The average Bonchev–Trinajstić information content (AvgIpc) is 2.59. The highest BCUT2D eigenvalue weighted by Crippen LogP contribution is 2.28. The molecule has 0 spiro atoms. The maximum absolute atomic E-state index is 12.9. The second kappa shape index (κ2) is 8.53. The van der Waals surface area contributed by atoms with E-state index in [9.17, 15) is 13.2 Å². The topological polar surface area (TPSA) is 66.5 Å². The highest BCUT2D eigenvalue weighted by molar-refractivity contribution is 7.92. The molecule has 7 heteroatoms. The quantitative estimate of drug-likeness (QED) is 0.754. The predicted molar refractivity (Wildman–Crippen MR) is 115 cm³/mol. The number of hydrogen-bond acceptors (Lipinski definition) is 3. The van der Waals surface area contributed by atoms with Crippen molar-refractivity contribution in [2.45, 2.75) is 46.7 Å². The molecular formula is C21H27ClN2O3S. The molecule has 1 amide bonds. The Morgan fingerprint density at radius 3 is 2.18 bits per heavy atom. The van der Waals surface area contributed by atoms with Crippen molar-refractivity contribution in [1.29, 1.82) is 0 Å². The van der Waals surface area contributed by atoms with Gasteiger partial charge in [0.2, 0.25) is 15.9 Å². The molecular weight excluding hydrogens is 396 g/mol. The second-order valence-electron chi connectivity index (χ2n) is 7.24. The summed E-state index contributed by atoms with van der Waals surface area (Å²) in [5.74, 6) is -0.379. The van der Waals surface area contributed by atoms with Crippen LogP contribution in [-0.4, -0.2) is 26.6 Å². The molecule has 2 rings (SSSR count). The molecule has 5 nitrogen and oxygen atoms in total. The minimum atomic E-state index is -3.70. The number of halogens is 1. The van der Waals surface area contributed by atoms with Crippen LogP contribution < -0.4 is 9.62 Å². The van der Waals surface area contributed by atoms with E-state index in [0.29, 0.717) is 10.7 Å². The van der Waals surface area contributed by atoms with E-state index in [1.165, 1.54) is 5.56 Å². The molecule has 152 valence electrons. The molecule has 0 radical (unpaired) electrons. The summed E-state index contributed by atoms with van der Waals surface area (Å²) in [5, 5.41) is 3.33. The Hall–Kier alpha value is -2.05. The Bertz CT molecular complexity index is 989. The van der Waals surface area contributed by atoms with Crippen LogP contribution >= 0.6 is 11.6 Å². The third-order valence-electron chi connectivity index (χ3n) is 4.89. The summed E-state index contributed by atoms with van der Waals surface area (Å²) in [5.41, 5.74) is 4.40. The first kappa shape index (κ1) is 22.2. The summed E-state index contributed by atoms with van der Waals surface area (Å²) in [6.07, 6.45) is 1.09. The summed E-state index contributed by atoms with van der Waals surface area (Å²) in [4.78, 5) is 12.9. The van der Waals surface area contributed by atoms with E-state index in [1.54, 1.807) is 32.0 Å². The van der Waals surface area contributed by atoms with Crippen molar-refractivity contribution in [3.8, 4) is 0 Å². The molecule has 0 unspecified atom stereocenters. The lowest BCUT2D eigenvalue weighted by atomic mass is 10.0. The summed E-state index contributed by atoms with van der Waals surface area (Å²) in [6.45, 7) is 9.28. The van der Waals surface area contributed by atoms with Gasteiger partial charge in [0.1, 0.15) is 6.04 Å². The minimum Gasteiger partial charge on any atom is -0.348 e. The minimum absolute atomic E-state index is 0.254. The number of hydrogen-bond donors (Lipinski definition) is 1. The van der Waals surface area contributed by atoms with Gasteiger partial charge < -0.3 is 5.32 Å². The third kappa shape index (κ3) is 5.06. The summed E-state index contributed by atoms with van der Waals surface area (Å²) in [6, 6.07) is 9.81. The van der Waals surface area contributed by atoms with Gasteiger partial charge in [-0.3, -0.25) is 9.10 Å². The predicted octanol–water partition coefficient (Wildman–Crippen LogP) is 4.30. The molecule has 0 fully saturated rings. The number of aryl methyl sites for hydroxylation is 3. The van der Waals surface area contributed by atoms with Crippen LogP contribution in [0, 0.1) is 20.8 Å². The smallest absolute Gasteiger partial charge is 0.244 e. The van der Waals surface area contributed by atoms with Crippen LogP contribution in [0.15, 0.2) is 36.4 Å². The highest BCUT2D eigenvalue weighted by Gasteiger charge is 2.31. The molecule has 0 saturated heterocycles. The lowest BCUT2D eigenvalue weighted by molar-refractivity contribution is -0.122. The maximum atomic E-state index is 12.9. The van der Waals surface area contributed by atoms with E-state index < -0.39 is 16.1 Å². The first-order valence-electron chi connectivity index (χ1n) is 9.05. The molecule has 28 heavy (non-hydrogen) atoms. The van der Waals surface area contributed by atoms with E-state index in [1.807, 2.05) is 39.0 Å². The zero-order chi connectivity index (χ0) is 21.2. The zero-order valence-corrected chi connectivity index (χ0v) is 18.6. The standard InChI is InChI=1S/C21H27ClN2O3S/c1-13-7-9-18(11-15(13)3)16(4)23-21(25)17(5)24(28(6,26)27)20-12-19(22)10-8-14(20)2/h7-12,16-17H,1-6H3,(H,23,25)/t16-,17+/m1/s1. The number of sulfonamides is 1. The third-order valence-corrected chi connectivity index (χ3v) is 6.35. The largest absolute Gasteiger partial charge is 0.348 e. The molecule has 0 bridgehead atoms. The van der Waals surface area contributed by atoms with Crippen LogP contribution in [0.5, 0.6) is 0 Å². The summed E-state index contributed by atoms with van der Waals surface area (Å²) < 4.78 is 26.1. The van der Waals surface area contributed by atoms with E-state index in [2.05, 4.69) is 5.32 Å². The number of nitrogens with zero attached hydrogens (tertiary/aromatic N) is 1. The lowest BCUT2D eigenvalue weighted by Gasteiger charge is -2.30. The molecule has 0 aliphatic carbocycles. The molecule has 0 saturated carbocycles.